The van der Waals surface area contributed by atoms with Crippen LogP contribution in [0, 0.1) is 0 Å². The van der Waals surface area contributed by atoms with Crippen molar-refractivity contribution in [3.63, 3.8) is 0 Å². The van der Waals surface area contributed by atoms with Gasteiger partial charge in [0.2, 0.25) is 0 Å². The van der Waals surface area contributed by atoms with Gasteiger partial charge in [-0.15, -0.1) is 0 Å². The summed E-state index contributed by atoms with van der Waals surface area (Å²) in [5.41, 5.74) is 2.09. The van der Waals surface area contributed by atoms with Crippen LogP contribution in [0.5, 0.6) is 5.75 Å². The number of ether oxygens (including phenoxy) is 1. The molecule has 7 heteroatoms. The number of ketones is 3. The van der Waals surface area contributed by atoms with Gasteiger partial charge in [-0.2, -0.15) is 0 Å². The maximum absolute atomic E-state index is 12.9. The van der Waals surface area contributed by atoms with Crippen molar-refractivity contribution >= 4 is 29.2 Å². The van der Waals surface area contributed by atoms with Gasteiger partial charge in [-0.05, 0) is 36.6 Å². The van der Waals surface area contributed by atoms with Crippen LogP contribution in [0.4, 0.5) is 0 Å². The molecule has 1 saturated carbocycles. The molecule has 32 heavy (non-hydrogen) atoms. The van der Waals surface area contributed by atoms with E-state index in [1.165, 1.54) is 0 Å². The molecule has 0 aromatic heterocycles. The van der Waals surface area contributed by atoms with E-state index in [4.69, 9.17) is 4.74 Å². The summed E-state index contributed by atoms with van der Waals surface area (Å²) in [6.07, 6.45) is 1.09. The number of Topliss-reactive ketones (excluding diaryl/α,β-unsaturated/α-hetero) is 3. The van der Waals surface area contributed by atoms with E-state index in [-0.39, 0.29) is 54.8 Å². The van der Waals surface area contributed by atoms with E-state index >= 15 is 0 Å². The standard InChI is InChI=1S/C25H23NO6/c1-32-23-5-3-2-4-16(23)13-17(27)8-6-15-7-10-19-20(12-15)25(31)26(24(19)30)21-11-9-18(28)14-22(21)29/h2-5,7,10,12,21H,6,8-9,11,13-14H2,1H3. The molecular formula is C25H23NO6. The van der Waals surface area contributed by atoms with Gasteiger partial charge in [-0.1, -0.05) is 24.3 Å². The van der Waals surface area contributed by atoms with Crippen molar-refractivity contribution in [3.05, 3.63) is 64.7 Å². The molecule has 1 aliphatic carbocycles. The zero-order valence-corrected chi connectivity index (χ0v) is 17.8. The fourth-order valence-electron chi connectivity index (χ4n) is 4.31. The highest BCUT2D eigenvalue weighted by atomic mass is 16.5. The molecule has 4 rings (SSSR count). The molecule has 0 saturated heterocycles. The van der Waals surface area contributed by atoms with Crippen LogP contribution in [-0.2, 0) is 27.2 Å². The second-order valence-corrected chi connectivity index (χ2v) is 8.12. The van der Waals surface area contributed by atoms with Crippen LogP contribution in [-0.4, -0.2) is 47.2 Å². The number of imide groups is 1. The van der Waals surface area contributed by atoms with E-state index in [9.17, 15) is 24.0 Å². The van der Waals surface area contributed by atoms with Crippen LogP contribution in [0.1, 0.15) is 57.5 Å². The molecule has 1 fully saturated rings. The molecule has 0 bridgehead atoms. The number of aryl methyl sites for hydroxylation is 1. The number of hydrogen-bond donors (Lipinski definition) is 0. The minimum atomic E-state index is -0.883. The third-order valence-electron chi connectivity index (χ3n) is 6.01. The van der Waals surface area contributed by atoms with Crippen LogP contribution < -0.4 is 4.74 Å². The smallest absolute Gasteiger partial charge is 0.262 e. The normalized spacial score (nSPS) is 18.2. The molecule has 1 aliphatic heterocycles. The molecule has 0 radical (unpaired) electrons. The lowest BCUT2D eigenvalue weighted by Crippen LogP contribution is -2.47. The Kier molecular flexibility index (Phi) is 5.99. The zero-order valence-electron chi connectivity index (χ0n) is 17.8. The van der Waals surface area contributed by atoms with Gasteiger partial charge in [0.05, 0.1) is 30.7 Å². The first-order valence-corrected chi connectivity index (χ1v) is 10.6. The lowest BCUT2D eigenvalue weighted by molar-refractivity contribution is -0.132. The van der Waals surface area contributed by atoms with E-state index in [1.807, 2.05) is 24.3 Å². The first-order valence-electron chi connectivity index (χ1n) is 10.6. The lowest BCUT2D eigenvalue weighted by Gasteiger charge is -2.27. The van der Waals surface area contributed by atoms with E-state index in [0.717, 1.165) is 16.0 Å². The van der Waals surface area contributed by atoms with E-state index in [0.29, 0.717) is 12.2 Å². The number of amides is 2. The van der Waals surface area contributed by atoms with Crippen molar-refractivity contribution in [2.75, 3.05) is 7.11 Å². The van der Waals surface area contributed by atoms with Crippen molar-refractivity contribution < 1.29 is 28.7 Å². The SMILES string of the molecule is COc1ccccc1CC(=O)CCc1ccc2c(c1)C(=O)N(C1CCC(=O)CC1=O)C2=O. The van der Waals surface area contributed by atoms with Crippen molar-refractivity contribution in [1.29, 1.82) is 0 Å². The van der Waals surface area contributed by atoms with Gasteiger partial charge < -0.3 is 4.74 Å². The summed E-state index contributed by atoms with van der Waals surface area (Å²) in [6.45, 7) is 0. The quantitative estimate of drug-likeness (QED) is 0.492. The number of carbonyl (C=O) groups is 5. The highest BCUT2D eigenvalue weighted by Gasteiger charge is 2.44. The summed E-state index contributed by atoms with van der Waals surface area (Å²) in [5.74, 6) is -0.865. The van der Waals surface area contributed by atoms with Crippen LogP contribution in [0.15, 0.2) is 42.5 Å². The van der Waals surface area contributed by atoms with Crippen LogP contribution in [0.25, 0.3) is 0 Å². The van der Waals surface area contributed by atoms with Crippen LogP contribution in [0.3, 0.4) is 0 Å². The predicted octanol–water partition coefficient (Wildman–Crippen LogP) is 2.73. The highest BCUT2D eigenvalue weighted by molar-refractivity contribution is 6.23. The Morgan fingerprint density at radius 1 is 1.03 bits per heavy atom. The number of methoxy groups -OCH3 is 1. The number of rotatable bonds is 7. The molecule has 2 aromatic rings. The highest BCUT2D eigenvalue weighted by Crippen LogP contribution is 2.30. The minimum absolute atomic E-state index is 0.0384. The molecule has 7 nitrogen and oxygen atoms in total. The predicted molar refractivity (Wildman–Crippen MR) is 115 cm³/mol. The Morgan fingerprint density at radius 3 is 2.53 bits per heavy atom. The second-order valence-electron chi connectivity index (χ2n) is 8.12. The fourth-order valence-corrected chi connectivity index (χ4v) is 4.31. The third-order valence-corrected chi connectivity index (χ3v) is 6.01. The summed E-state index contributed by atoms with van der Waals surface area (Å²) < 4.78 is 5.29. The summed E-state index contributed by atoms with van der Waals surface area (Å²) in [4.78, 5) is 62.9. The van der Waals surface area contributed by atoms with Gasteiger partial charge in [0.15, 0.2) is 5.78 Å². The van der Waals surface area contributed by atoms with Gasteiger partial charge in [0.1, 0.15) is 17.3 Å². The van der Waals surface area contributed by atoms with Gasteiger partial charge in [0, 0.05) is 24.8 Å². The average Bonchev–Trinajstić information content (AvgIpc) is 3.02. The largest absolute Gasteiger partial charge is 0.496 e. The summed E-state index contributed by atoms with van der Waals surface area (Å²) in [5, 5.41) is 0. The maximum atomic E-state index is 12.9. The number of carbonyl (C=O) groups excluding carboxylic acids is 5. The van der Waals surface area contributed by atoms with E-state index in [2.05, 4.69) is 0 Å². The second kappa shape index (κ2) is 8.86. The molecule has 0 spiro atoms. The maximum Gasteiger partial charge on any atom is 0.262 e. The van der Waals surface area contributed by atoms with E-state index < -0.39 is 23.6 Å². The zero-order chi connectivity index (χ0) is 22.8. The Hall–Kier alpha value is -3.61. The first kappa shape index (κ1) is 21.6. The van der Waals surface area contributed by atoms with Crippen molar-refractivity contribution in [2.24, 2.45) is 0 Å². The molecule has 2 amide bonds. The van der Waals surface area contributed by atoms with Gasteiger partial charge in [-0.25, -0.2) is 0 Å². The molecule has 2 aromatic carbocycles. The fraction of sp³-hybridized carbons (Fsp3) is 0.320. The van der Waals surface area contributed by atoms with Gasteiger partial charge in [0.25, 0.3) is 11.8 Å². The van der Waals surface area contributed by atoms with Gasteiger partial charge >= 0.3 is 0 Å². The molecule has 2 aliphatic rings. The van der Waals surface area contributed by atoms with Crippen LogP contribution >= 0.6 is 0 Å². The Morgan fingerprint density at radius 2 is 1.78 bits per heavy atom. The summed E-state index contributed by atoms with van der Waals surface area (Å²) >= 11 is 0. The average molecular weight is 433 g/mol. The van der Waals surface area contributed by atoms with Gasteiger partial charge in [-0.3, -0.25) is 28.9 Å². The number of benzene rings is 2. The monoisotopic (exact) mass is 433 g/mol. The van der Waals surface area contributed by atoms with Crippen molar-refractivity contribution in [1.82, 2.24) is 4.90 Å². The first-order chi connectivity index (χ1) is 15.4. The lowest BCUT2D eigenvalue weighted by atomic mass is 9.92. The summed E-state index contributed by atoms with van der Waals surface area (Å²) in [6, 6.07) is 11.4. The number of para-hydroxylation sites is 1. The summed E-state index contributed by atoms with van der Waals surface area (Å²) in [7, 11) is 1.56. The molecule has 1 unspecified atom stereocenters. The van der Waals surface area contributed by atoms with E-state index in [1.54, 1.807) is 25.3 Å². The Labute approximate surface area is 185 Å². The van der Waals surface area contributed by atoms with Crippen molar-refractivity contribution in [3.8, 4) is 5.75 Å². The molecular weight excluding hydrogens is 410 g/mol. The Bertz CT molecular complexity index is 1140. The number of nitrogens with zero attached hydrogens (tertiary/aromatic N) is 1. The van der Waals surface area contributed by atoms with Crippen LogP contribution in [0.2, 0.25) is 0 Å². The number of fused-ring (bicyclic) bond motifs is 1. The Balaban J connectivity index is 1.44. The topological polar surface area (TPSA) is 97.8 Å². The minimum Gasteiger partial charge on any atom is -0.496 e. The molecule has 0 N–H and O–H groups in total. The molecule has 164 valence electrons. The van der Waals surface area contributed by atoms with Crippen molar-refractivity contribution in [2.45, 2.75) is 44.6 Å². The molecule has 1 atom stereocenters. The number of hydrogen-bond acceptors (Lipinski definition) is 6. The third kappa shape index (κ3) is 4.10. The molecule has 1 heterocycles.